The van der Waals surface area contributed by atoms with Crippen LogP contribution in [0, 0.1) is 5.92 Å². The minimum Gasteiger partial charge on any atom is -0.383 e. The number of para-hydroxylation sites is 1. The molecular weight excluding hydrogens is 418 g/mol. The smallest absolute Gasteiger partial charge is 0.226 e. The molecule has 4 rings (SSSR count). The number of nitrogen functional groups attached to an aromatic ring is 1. The fourth-order valence-electron chi connectivity index (χ4n) is 4.47. The van der Waals surface area contributed by atoms with Gasteiger partial charge < -0.3 is 10.6 Å². The van der Waals surface area contributed by atoms with E-state index in [1.807, 2.05) is 30.3 Å². The normalized spacial score (nSPS) is 20.8. The fraction of sp³-hybridized carbons (Fsp3) is 0.476. The van der Waals surface area contributed by atoms with Crippen molar-refractivity contribution in [3.8, 4) is 5.69 Å². The van der Waals surface area contributed by atoms with Gasteiger partial charge in [0, 0.05) is 25.6 Å². The molecule has 2 fully saturated rings. The summed E-state index contributed by atoms with van der Waals surface area (Å²) in [4.78, 5) is 28.1. The highest BCUT2D eigenvalue weighted by Gasteiger charge is 2.40. The highest BCUT2D eigenvalue weighted by atomic mass is 32.2. The van der Waals surface area contributed by atoms with Crippen molar-refractivity contribution in [3.05, 3.63) is 42.1 Å². The third-order valence-electron chi connectivity index (χ3n) is 6.18. The van der Waals surface area contributed by atoms with Crippen molar-refractivity contribution in [2.45, 2.75) is 31.7 Å². The first-order valence-corrected chi connectivity index (χ1v) is 12.3. The van der Waals surface area contributed by atoms with Crippen LogP contribution in [-0.4, -0.2) is 71.0 Å². The number of aromatic nitrogens is 2. The van der Waals surface area contributed by atoms with E-state index in [0.29, 0.717) is 44.5 Å². The quantitative estimate of drug-likeness (QED) is 0.693. The summed E-state index contributed by atoms with van der Waals surface area (Å²) < 4.78 is 26.4. The average Bonchev–Trinajstić information content (AvgIpc) is 3.40. The number of benzene rings is 1. The molecule has 0 unspecified atom stereocenters. The Morgan fingerprint density at radius 2 is 1.74 bits per heavy atom. The molecule has 0 bridgehead atoms. The topological polar surface area (TPSA) is 119 Å². The van der Waals surface area contributed by atoms with E-state index in [2.05, 4.69) is 5.10 Å². The van der Waals surface area contributed by atoms with Gasteiger partial charge in [0.15, 0.2) is 5.78 Å². The van der Waals surface area contributed by atoms with Crippen molar-refractivity contribution in [3.63, 3.8) is 0 Å². The molecule has 9 nitrogen and oxygen atoms in total. The lowest BCUT2D eigenvalue weighted by Crippen LogP contribution is -2.47. The molecule has 2 N–H and O–H groups in total. The van der Waals surface area contributed by atoms with Gasteiger partial charge in [-0.3, -0.25) is 9.59 Å². The van der Waals surface area contributed by atoms with Crippen molar-refractivity contribution in [1.82, 2.24) is 19.0 Å². The Morgan fingerprint density at radius 1 is 1.06 bits per heavy atom. The van der Waals surface area contributed by atoms with Crippen LogP contribution in [0.15, 0.2) is 36.5 Å². The molecule has 3 heterocycles. The van der Waals surface area contributed by atoms with Crippen LogP contribution in [0.4, 0.5) is 5.82 Å². The Balaban J connectivity index is 1.48. The molecule has 166 valence electrons. The standard InChI is InChI=1S/C21H27N5O4S/c1-31(29,30)24-12-9-15(10-13-24)21(28)25-11-5-8-18(25)19(27)17-14-23-26(20(17)22)16-6-3-2-4-7-16/h2-4,6-7,14-15,18H,5,8-13,22H2,1H3/t18-/m0/s1. The zero-order chi connectivity index (χ0) is 22.2. The maximum absolute atomic E-state index is 13.3. The van der Waals surface area contributed by atoms with Gasteiger partial charge in [0.2, 0.25) is 15.9 Å². The second kappa shape index (κ2) is 8.43. The molecule has 1 atom stereocenters. The Bertz CT molecular complexity index is 1070. The summed E-state index contributed by atoms with van der Waals surface area (Å²) >= 11 is 0. The van der Waals surface area contributed by atoms with Crippen LogP contribution < -0.4 is 5.73 Å². The fourth-order valence-corrected chi connectivity index (χ4v) is 5.35. The first kappa shape index (κ1) is 21.5. The van der Waals surface area contributed by atoms with Crippen LogP contribution in [0.25, 0.3) is 5.69 Å². The Hall–Kier alpha value is -2.72. The van der Waals surface area contributed by atoms with Crippen LogP contribution in [-0.2, 0) is 14.8 Å². The van der Waals surface area contributed by atoms with E-state index in [9.17, 15) is 18.0 Å². The summed E-state index contributed by atoms with van der Waals surface area (Å²) in [5, 5.41) is 4.27. The van der Waals surface area contributed by atoms with E-state index in [1.54, 1.807) is 4.90 Å². The molecule has 1 aromatic heterocycles. The molecule has 0 saturated carbocycles. The first-order chi connectivity index (χ1) is 14.8. The first-order valence-electron chi connectivity index (χ1n) is 10.5. The summed E-state index contributed by atoms with van der Waals surface area (Å²) in [6.45, 7) is 1.19. The van der Waals surface area contributed by atoms with Crippen molar-refractivity contribution in [2.24, 2.45) is 5.92 Å². The van der Waals surface area contributed by atoms with Crippen LogP contribution in [0.1, 0.15) is 36.0 Å². The second-order valence-corrected chi connectivity index (χ2v) is 10.2. The Morgan fingerprint density at radius 3 is 2.39 bits per heavy atom. The van der Waals surface area contributed by atoms with Crippen LogP contribution in [0.5, 0.6) is 0 Å². The molecule has 0 aliphatic carbocycles. The predicted octanol–water partition coefficient (Wildman–Crippen LogP) is 1.30. The van der Waals surface area contributed by atoms with Crippen molar-refractivity contribution in [2.75, 3.05) is 31.6 Å². The zero-order valence-electron chi connectivity index (χ0n) is 17.5. The molecule has 2 aliphatic heterocycles. The number of carbonyl (C=O) groups excluding carboxylic acids is 2. The second-order valence-electron chi connectivity index (χ2n) is 8.18. The number of piperidine rings is 1. The molecule has 1 amide bonds. The van der Waals surface area contributed by atoms with Crippen molar-refractivity contribution in [1.29, 1.82) is 0 Å². The number of rotatable bonds is 5. The van der Waals surface area contributed by atoms with Gasteiger partial charge in [-0.2, -0.15) is 5.10 Å². The average molecular weight is 446 g/mol. The van der Waals surface area contributed by atoms with Gasteiger partial charge in [-0.15, -0.1) is 0 Å². The van der Waals surface area contributed by atoms with Gasteiger partial charge in [0.05, 0.1) is 29.7 Å². The number of hydrogen-bond donors (Lipinski definition) is 1. The largest absolute Gasteiger partial charge is 0.383 e. The molecule has 0 spiro atoms. The Kier molecular flexibility index (Phi) is 5.85. The van der Waals surface area contributed by atoms with Gasteiger partial charge in [-0.25, -0.2) is 17.4 Å². The molecule has 0 radical (unpaired) electrons. The molecule has 2 saturated heterocycles. The van der Waals surface area contributed by atoms with E-state index in [4.69, 9.17) is 5.73 Å². The summed E-state index contributed by atoms with van der Waals surface area (Å²) in [5.41, 5.74) is 7.32. The SMILES string of the molecule is CS(=O)(=O)N1CCC(C(=O)N2CCC[C@H]2C(=O)c2cnn(-c3ccccc3)c2N)CC1. The van der Waals surface area contributed by atoms with Crippen LogP contribution in [0.3, 0.4) is 0 Å². The molecule has 2 aliphatic rings. The number of ketones is 1. The summed E-state index contributed by atoms with van der Waals surface area (Å²) in [7, 11) is -3.25. The molecule has 1 aromatic carbocycles. The van der Waals surface area contributed by atoms with E-state index in [0.717, 1.165) is 12.1 Å². The van der Waals surface area contributed by atoms with E-state index < -0.39 is 16.1 Å². The van der Waals surface area contributed by atoms with Gasteiger partial charge in [-0.1, -0.05) is 18.2 Å². The number of nitrogens with zero attached hydrogens (tertiary/aromatic N) is 4. The monoisotopic (exact) mass is 445 g/mol. The number of carbonyl (C=O) groups is 2. The summed E-state index contributed by atoms with van der Waals surface area (Å²) in [6.07, 6.45) is 4.93. The van der Waals surface area contributed by atoms with E-state index in [-0.39, 0.29) is 23.4 Å². The van der Waals surface area contributed by atoms with Crippen LogP contribution >= 0.6 is 0 Å². The molecule has 2 aromatic rings. The highest BCUT2D eigenvalue weighted by Crippen LogP contribution is 2.29. The number of Topliss-reactive ketones (excluding diaryl/α,β-unsaturated/α-hetero) is 1. The third kappa shape index (κ3) is 4.22. The summed E-state index contributed by atoms with van der Waals surface area (Å²) in [5.74, 6) is -0.273. The predicted molar refractivity (Wildman–Crippen MR) is 116 cm³/mol. The lowest BCUT2D eigenvalue weighted by molar-refractivity contribution is -0.136. The lowest BCUT2D eigenvalue weighted by Gasteiger charge is -2.33. The Labute approximate surface area is 181 Å². The zero-order valence-corrected chi connectivity index (χ0v) is 18.3. The third-order valence-corrected chi connectivity index (χ3v) is 7.49. The van der Waals surface area contributed by atoms with Crippen molar-refractivity contribution < 1.29 is 18.0 Å². The van der Waals surface area contributed by atoms with E-state index in [1.165, 1.54) is 21.4 Å². The minimum absolute atomic E-state index is 0.0713. The molecule has 10 heteroatoms. The number of anilines is 1. The number of hydrogen-bond acceptors (Lipinski definition) is 6. The number of nitrogens with two attached hydrogens (primary N) is 1. The van der Waals surface area contributed by atoms with Gasteiger partial charge in [0.25, 0.3) is 0 Å². The number of sulfonamides is 1. The minimum atomic E-state index is -3.25. The van der Waals surface area contributed by atoms with Gasteiger partial charge in [0.1, 0.15) is 5.82 Å². The molecule has 31 heavy (non-hydrogen) atoms. The van der Waals surface area contributed by atoms with Gasteiger partial charge >= 0.3 is 0 Å². The number of amides is 1. The number of likely N-dealkylation sites (tertiary alicyclic amines) is 1. The van der Waals surface area contributed by atoms with Crippen molar-refractivity contribution >= 4 is 27.5 Å². The van der Waals surface area contributed by atoms with Crippen LogP contribution in [0.2, 0.25) is 0 Å². The maximum atomic E-state index is 13.3. The van der Waals surface area contributed by atoms with E-state index >= 15 is 0 Å². The molecular formula is C21H27N5O4S. The maximum Gasteiger partial charge on any atom is 0.226 e. The summed E-state index contributed by atoms with van der Waals surface area (Å²) in [6, 6.07) is 8.76. The van der Waals surface area contributed by atoms with Gasteiger partial charge in [-0.05, 0) is 37.8 Å². The lowest BCUT2D eigenvalue weighted by atomic mass is 9.95. The highest BCUT2D eigenvalue weighted by molar-refractivity contribution is 7.88.